The standard InChI is InChI=1S/C12H22O2/c1-11(13)14-10-6-5-9-12-7-3-2-4-8-12/h12H,2-10H2,1H3. The Bertz CT molecular complexity index is 160. The zero-order valence-electron chi connectivity index (χ0n) is 9.26. The largest absolute Gasteiger partial charge is 0.466 e. The second-order valence-corrected chi connectivity index (χ2v) is 4.34. The van der Waals surface area contributed by atoms with Crippen LogP contribution in [0.25, 0.3) is 0 Å². The summed E-state index contributed by atoms with van der Waals surface area (Å²) in [6.45, 7) is 2.09. The van der Waals surface area contributed by atoms with Crippen molar-refractivity contribution in [2.45, 2.75) is 58.3 Å². The van der Waals surface area contributed by atoms with Crippen molar-refractivity contribution in [2.24, 2.45) is 5.92 Å². The molecule has 0 aromatic rings. The number of carbonyl (C=O) groups is 1. The first-order chi connectivity index (χ1) is 6.79. The van der Waals surface area contributed by atoms with Crippen LogP contribution in [0.1, 0.15) is 58.3 Å². The number of rotatable bonds is 5. The molecule has 0 spiro atoms. The van der Waals surface area contributed by atoms with E-state index in [1.54, 1.807) is 0 Å². The Morgan fingerprint density at radius 1 is 1.21 bits per heavy atom. The summed E-state index contributed by atoms with van der Waals surface area (Å²) in [4.78, 5) is 10.5. The lowest BCUT2D eigenvalue weighted by molar-refractivity contribution is -0.141. The molecular formula is C12H22O2. The molecule has 1 aliphatic carbocycles. The Morgan fingerprint density at radius 2 is 1.93 bits per heavy atom. The molecule has 0 amide bonds. The first-order valence-corrected chi connectivity index (χ1v) is 5.92. The van der Waals surface area contributed by atoms with E-state index in [0.29, 0.717) is 6.61 Å². The molecular weight excluding hydrogens is 176 g/mol. The van der Waals surface area contributed by atoms with Gasteiger partial charge in [0.05, 0.1) is 6.61 Å². The van der Waals surface area contributed by atoms with Crippen molar-refractivity contribution in [1.82, 2.24) is 0 Å². The quantitative estimate of drug-likeness (QED) is 0.500. The van der Waals surface area contributed by atoms with Crippen molar-refractivity contribution >= 4 is 5.97 Å². The average Bonchev–Trinajstić information content (AvgIpc) is 2.18. The Balaban J connectivity index is 1.90. The zero-order valence-corrected chi connectivity index (χ0v) is 9.26. The fraction of sp³-hybridized carbons (Fsp3) is 0.917. The molecule has 0 atom stereocenters. The highest BCUT2D eigenvalue weighted by Gasteiger charge is 2.12. The minimum Gasteiger partial charge on any atom is -0.466 e. The molecule has 1 aliphatic rings. The molecule has 0 unspecified atom stereocenters. The number of hydrogen-bond donors (Lipinski definition) is 0. The van der Waals surface area contributed by atoms with E-state index in [1.165, 1.54) is 51.9 Å². The molecule has 1 fully saturated rings. The van der Waals surface area contributed by atoms with Gasteiger partial charge in [-0.25, -0.2) is 0 Å². The van der Waals surface area contributed by atoms with Crippen LogP contribution >= 0.6 is 0 Å². The number of carbonyl (C=O) groups excluding carboxylic acids is 1. The molecule has 2 heteroatoms. The fourth-order valence-corrected chi connectivity index (χ4v) is 2.23. The van der Waals surface area contributed by atoms with Crippen LogP contribution in [-0.2, 0) is 9.53 Å². The van der Waals surface area contributed by atoms with Gasteiger partial charge in [-0.1, -0.05) is 38.5 Å². The van der Waals surface area contributed by atoms with Crippen LogP contribution in [0.4, 0.5) is 0 Å². The van der Waals surface area contributed by atoms with E-state index in [0.717, 1.165) is 12.3 Å². The lowest BCUT2D eigenvalue weighted by Crippen LogP contribution is -2.07. The molecule has 0 bridgehead atoms. The second kappa shape index (κ2) is 6.86. The lowest BCUT2D eigenvalue weighted by Gasteiger charge is -2.21. The molecule has 0 radical (unpaired) electrons. The third kappa shape index (κ3) is 5.25. The van der Waals surface area contributed by atoms with Crippen molar-refractivity contribution in [1.29, 1.82) is 0 Å². The van der Waals surface area contributed by atoms with Gasteiger partial charge >= 0.3 is 5.97 Å². The highest BCUT2D eigenvalue weighted by molar-refractivity contribution is 5.65. The predicted molar refractivity (Wildman–Crippen MR) is 57.1 cm³/mol. The van der Waals surface area contributed by atoms with E-state index in [-0.39, 0.29) is 5.97 Å². The molecule has 2 nitrogen and oxygen atoms in total. The molecule has 0 saturated heterocycles. The van der Waals surface area contributed by atoms with Gasteiger partial charge in [0.1, 0.15) is 0 Å². The van der Waals surface area contributed by atoms with Gasteiger partial charge in [-0.15, -0.1) is 0 Å². The number of hydrogen-bond acceptors (Lipinski definition) is 2. The number of unbranched alkanes of at least 4 members (excludes halogenated alkanes) is 1. The van der Waals surface area contributed by atoms with Crippen LogP contribution in [0.5, 0.6) is 0 Å². The van der Waals surface area contributed by atoms with Crippen LogP contribution in [0.3, 0.4) is 0 Å². The maximum Gasteiger partial charge on any atom is 0.302 e. The van der Waals surface area contributed by atoms with Crippen molar-refractivity contribution in [3.05, 3.63) is 0 Å². The summed E-state index contributed by atoms with van der Waals surface area (Å²) in [5.41, 5.74) is 0. The van der Waals surface area contributed by atoms with Gasteiger partial charge in [0.15, 0.2) is 0 Å². The van der Waals surface area contributed by atoms with Crippen LogP contribution in [0.15, 0.2) is 0 Å². The Labute approximate surface area is 87.0 Å². The maximum absolute atomic E-state index is 10.5. The van der Waals surface area contributed by atoms with Gasteiger partial charge in [-0.05, 0) is 18.8 Å². The summed E-state index contributed by atoms with van der Waals surface area (Å²) in [6, 6.07) is 0. The topological polar surface area (TPSA) is 26.3 Å². The van der Waals surface area contributed by atoms with Gasteiger partial charge < -0.3 is 4.74 Å². The highest BCUT2D eigenvalue weighted by Crippen LogP contribution is 2.27. The van der Waals surface area contributed by atoms with E-state index in [9.17, 15) is 4.79 Å². The fourth-order valence-electron chi connectivity index (χ4n) is 2.23. The van der Waals surface area contributed by atoms with Crippen LogP contribution < -0.4 is 0 Å². The summed E-state index contributed by atoms with van der Waals surface area (Å²) in [5.74, 6) is 0.809. The van der Waals surface area contributed by atoms with Crippen LogP contribution in [0, 0.1) is 5.92 Å². The first-order valence-electron chi connectivity index (χ1n) is 5.92. The molecule has 82 valence electrons. The Hall–Kier alpha value is -0.530. The van der Waals surface area contributed by atoms with E-state index < -0.39 is 0 Å². The van der Waals surface area contributed by atoms with Crippen LogP contribution in [0.2, 0.25) is 0 Å². The summed E-state index contributed by atoms with van der Waals surface area (Å²) >= 11 is 0. The molecule has 0 N–H and O–H groups in total. The van der Waals surface area contributed by atoms with Gasteiger partial charge in [0, 0.05) is 6.92 Å². The van der Waals surface area contributed by atoms with Gasteiger partial charge in [0.2, 0.25) is 0 Å². The monoisotopic (exact) mass is 198 g/mol. The second-order valence-electron chi connectivity index (χ2n) is 4.34. The summed E-state index contributed by atoms with van der Waals surface area (Å²) in [7, 11) is 0. The molecule has 0 aromatic carbocycles. The Morgan fingerprint density at radius 3 is 2.57 bits per heavy atom. The molecule has 1 saturated carbocycles. The highest BCUT2D eigenvalue weighted by atomic mass is 16.5. The van der Waals surface area contributed by atoms with E-state index in [2.05, 4.69) is 0 Å². The van der Waals surface area contributed by atoms with Crippen LogP contribution in [-0.4, -0.2) is 12.6 Å². The summed E-state index contributed by atoms with van der Waals surface area (Å²) in [6.07, 6.45) is 10.7. The van der Waals surface area contributed by atoms with Gasteiger partial charge in [-0.3, -0.25) is 4.79 Å². The zero-order chi connectivity index (χ0) is 10.2. The Kier molecular flexibility index (Phi) is 5.65. The van der Waals surface area contributed by atoms with Crippen molar-refractivity contribution in [3.63, 3.8) is 0 Å². The SMILES string of the molecule is CC(=O)OCCCCC1CCCCC1. The van der Waals surface area contributed by atoms with Crippen molar-refractivity contribution < 1.29 is 9.53 Å². The van der Waals surface area contributed by atoms with Crippen molar-refractivity contribution in [2.75, 3.05) is 6.61 Å². The third-order valence-corrected chi connectivity index (χ3v) is 3.04. The van der Waals surface area contributed by atoms with Gasteiger partial charge in [0.25, 0.3) is 0 Å². The predicted octanol–water partition coefficient (Wildman–Crippen LogP) is 3.30. The maximum atomic E-state index is 10.5. The first kappa shape index (κ1) is 11.5. The average molecular weight is 198 g/mol. The summed E-state index contributed by atoms with van der Waals surface area (Å²) < 4.78 is 4.89. The van der Waals surface area contributed by atoms with E-state index >= 15 is 0 Å². The molecule has 1 rings (SSSR count). The van der Waals surface area contributed by atoms with Gasteiger partial charge in [-0.2, -0.15) is 0 Å². The molecule has 14 heavy (non-hydrogen) atoms. The van der Waals surface area contributed by atoms with E-state index in [4.69, 9.17) is 4.74 Å². The third-order valence-electron chi connectivity index (χ3n) is 3.04. The minimum absolute atomic E-state index is 0.150. The van der Waals surface area contributed by atoms with E-state index in [1.807, 2.05) is 0 Å². The molecule has 0 heterocycles. The smallest absolute Gasteiger partial charge is 0.302 e. The number of ether oxygens (including phenoxy) is 1. The summed E-state index contributed by atoms with van der Waals surface area (Å²) in [5, 5.41) is 0. The molecule has 0 aromatic heterocycles. The normalized spacial score (nSPS) is 18.1. The number of esters is 1. The molecule has 0 aliphatic heterocycles. The minimum atomic E-state index is -0.150. The lowest BCUT2D eigenvalue weighted by atomic mass is 9.86. The van der Waals surface area contributed by atoms with Crippen molar-refractivity contribution in [3.8, 4) is 0 Å².